The normalized spacial score (nSPS) is 11.0. The van der Waals surface area contributed by atoms with Crippen LogP contribution in [-0.2, 0) is 0 Å². The summed E-state index contributed by atoms with van der Waals surface area (Å²) in [7, 11) is 0. The van der Waals surface area contributed by atoms with Gasteiger partial charge in [-0.3, -0.25) is 4.98 Å². The van der Waals surface area contributed by atoms with Crippen LogP contribution in [0.5, 0.6) is 0 Å². The number of pyridine rings is 1. The van der Waals surface area contributed by atoms with E-state index >= 15 is 0 Å². The quantitative estimate of drug-likeness (QED) is 0.499. The van der Waals surface area contributed by atoms with Crippen molar-refractivity contribution in [2.75, 3.05) is 5.32 Å². The van der Waals surface area contributed by atoms with Gasteiger partial charge in [-0.05, 0) is 36.1 Å². The minimum atomic E-state index is 0.514. The van der Waals surface area contributed by atoms with Gasteiger partial charge in [0.05, 0.1) is 11.3 Å². The highest BCUT2D eigenvalue weighted by atomic mass is 14.9. The Labute approximate surface area is 157 Å². The van der Waals surface area contributed by atoms with Crippen molar-refractivity contribution >= 4 is 34.4 Å². The minimum Gasteiger partial charge on any atom is -0.361 e. The SMILES string of the molecule is Cc1ncc(C#N)c(Nc2ccc3cc[nH]c3c2)c1C=Cc1ccccc1. The molecule has 4 rings (SSSR count). The average molecular weight is 350 g/mol. The van der Waals surface area contributed by atoms with Crippen LogP contribution in [0.15, 0.2) is 67.0 Å². The molecule has 4 aromatic rings. The molecule has 4 heteroatoms. The van der Waals surface area contributed by atoms with Crippen molar-refractivity contribution < 1.29 is 0 Å². The Morgan fingerprint density at radius 1 is 1.07 bits per heavy atom. The number of hydrogen-bond acceptors (Lipinski definition) is 3. The molecule has 0 unspecified atom stereocenters. The van der Waals surface area contributed by atoms with Crippen LogP contribution in [0, 0.1) is 18.3 Å². The number of aromatic amines is 1. The standard InChI is InChI=1S/C23H18N4/c1-16-21(10-7-17-5-3-2-4-6-17)23(19(14-24)15-26-16)27-20-9-8-18-11-12-25-22(18)13-20/h2-13,15,25H,1H3,(H,26,27). The Morgan fingerprint density at radius 2 is 1.93 bits per heavy atom. The summed E-state index contributed by atoms with van der Waals surface area (Å²) in [6, 6.07) is 20.5. The summed E-state index contributed by atoms with van der Waals surface area (Å²) in [4.78, 5) is 7.60. The van der Waals surface area contributed by atoms with Crippen LogP contribution in [0.3, 0.4) is 0 Å². The maximum atomic E-state index is 9.58. The predicted molar refractivity (Wildman–Crippen MR) is 111 cm³/mol. The van der Waals surface area contributed by atoms with Gasteiger partial charge in [-0.2, -0.15) is 5.26 Å². The molecule has 0 saturated heterocycles. The van der Waals surface area contributed by atoms with Gasteiger partial charge < -0.3 is 10.3 Å². The second kappa shape index (κ2) is 7.19. The van der Waals surface area contributed by atoms with Crippen LogP contribution in [0.1, 0.15) is 22.4 Å². The van der Waals surface area contributed by atoms with Gasteiger partial charge in [0.25, 0.3) is 0 Å². The number of hydrogen-bond donors (Lipinski definition) is 2. The zero-order valence-electron chi connectivity index (χ0n) is 14.9. The van der Waals surface area contributed by atoms with Gasteiger partial charge in [0.1, 0.15) is 6.07 Å². The third-order valence-corrected chi connectivity index (χ3v) is 4.50. The zero-order valence-corrected chi connectivity index (χ0v) is 14.9. The first kappa shape index (κ1) is 16.6. The molecule has 0 amide bonds. The van der Waals surface area contributed by atoms with Crippen molar-refractivity contribution in [2.24, 2.45) is 0 Å². The second-order valence-electron chi connectivity index (χ2n) is 6.31. The number of nitriles is 1. The largest absolute Gasteiger partial charge is 0.361 e. The van der Waals surface area contributed by atoms with Crippen molar-refractivity contribution in [3.63, 3.8) is 0 Å². The molecule has 0 atom stereocenters. The first-order valence-corrected chi connectivity index (χ1v) is 8.71. The Kier molecular flexibility index (Phi) is 4.42. The summed E-state index contributed by atoms with van der Waals surface area (Å²) in [6.45, 7) is 1.95. The number of nitrogens with one attached hydrogen (secondary N) is 2. The Morgan fingerprint density at radius 3 is 2.74 bits per heavy atom. The van der Waals surface area contributed by atoms with Crippen LogP contribution in [-0.4, -0.2) is 9.97 Å². The molecule has 2 N–H and O–H groups in total. The lowest BCUT2D eigenvalue weighted by Gasteiger charge is -2.13. The number of rotatable bonds is 4. The number of aryl methyl sites for hydroxylation is 1. The molecule has 0 fully saturated rings. The molecule has 2 heterocycles. The van der Waals surface area contributed by atoms with E-state index < -0.39 is 0 Å². The topological polar surface area (TPSA) is 64.5 Å². The third-order valence-electron chi connectivity index (χ3n) is 4.50. The molecule has 0 aliphatic rings. The summed E-state index contributed by atoms with van der Waals surface area (Å²) < 4.78 is 0. The van der Waals surface area contributed by atoms with Crippen molar-refractivity contribution in [3.05, 3.63) is 89.4 Å². The fraction of sp³-hybridized carbons (Fsp3) is 0.0435. The predicted octanol–water partition coefficient (Wildman–Crippen LogP) is 5.66. The van der Waals surface area contributed by atoms with Crippen LogP contribution in [0.2, 0.25) is 0 Å². The van der Waals surface area contributed by atoms with Gasteiger partial charge in [0, 0.05) is 34.9 Å². The Bertz CT molecular complexity index is 1160. The third kappa shape index (κ3) is 3.44. The van der Waals surface area contributed by atoms with E-state index in [-0.39, 0.29) is 0 Å². The molecule has 2 aromatic carbocycles. The summed E-state index contributed by atoms with van der Waals surface area (Å²) >= 11 is 0. The molecule has 4 nitrogen and oxygen atoms in total. The van der Waals surface area contributed by atoms with E-state index in [9.17, 15) is 5.26 Å². The lowest BCUT2D eigenvalue weighted by Crippen LogP contribution is -2.00. The van der Waals surface area contributed by atoms with Gasteiger partial charge in [0.15, 0.2) is 0 Å². The molecule has 0 radical (unpaired) electrons. The Hall–Kier alpha value is -3.84. The van der Waals surface area contributed by atoms with Crippen molar-refractivity contribution in [1.82, 2.24) is 9.97 Å². The molecule has 0 spiro atoms. The van der Waals surface area contributed by atoms with Gasteiger partial charge in [-0.1, -0.05) is 48.6 Å². The van der Waals surface area contributed by atoms with Gasteiger partial charge in [0.2, 0.25) is 0 Å². The monoisotopic (exact) mass is 350 g/mol. The lowest BCUT2D eigenvalue weighted by atomic mass is 10.1. The number of aromatic nitrogens is 2. The van der Waals surface area contributed by atoms with Crippen LogP contribution in [0.25, 0.3) is 23.1 Å². The number of fused-ring (bicyclic) bond motifs is 1. The van der Waals surface area contributed by atoms with Gasteiger partial charge in [-0.15, -0.1) is 0 Å². The van der Waals surface area contributed by atoms with Crippen LogP contribution >= 0.6 is 0 Å². The molecule has 0 aliphatic carbocycles. The van der Waals surface area contributed by atoms with E-state index in [0.29, 0.717) is 5.56 Å². The summed E-state index contributed by atoms with van der Waals surface area (Å²) in [5.41, 5.74) is 6.11. The summed E-state index contributed by atoms with van der Waals surface area (Å²) in [6.07, 6.45) is 7.57. The second-order valence-corrected chi connectivity index (χ2v) is 6.31. The lowest BCUT2D eigenvalue weighted by molar-refractivity contribution is 1.18. The fourth-order valence-corrected chi connectivity index (χ4v) is 3.06. The van der Waals surface area contributed by atoms with Crippen LogP contribution in [0.4, 0.5) is 11.4 Å². The summed E-state index contributed by atoms with van der Waals surface area (Å²) in [5, 5.41) is 14.1. The van der Waals surface area contributed by atoms with E-state index in [0.717, 1.165) is 39.1 Å². The van der Waals surface area contributed by atoms with Gasteiger partial charge in [-0.25, -0.2) is 0 Å². The van der Waals surface area contributed by atoms with E-state index in [2.05, 4.69) is 21.4 Å². The maximum Gasteiger partial charge on any atom is 0.103 e. The highest BCUT2D eigenvalue weighted by Gasteiger charge is 2.11. The first-order chi connectivity index (χ1) is 13.2. The van der Waals surface area contributed by atoms with Crippen molar-refractivity contribution in [1.29, 1.82) is 5.26 Å². The smallest absolute Gasteiger partial charge is 0.103 e. The van der Waals surface area contributed by atoms with Crippen molar-refractivity contribution in [2.45, 2.75) is 6.92 Å². The molecule has 27 heavy (non-hydrogen) atoms. The number of anilines is 2. The average Bonchev–Trinajstić information content (AvgIpc) is 3.16. The maximum absolute atomic E-state index is 9.58. The number of benzene rings is 2. The number of H-pyrrole nitrogens is 1. The molecule has 0 aliphatic heterocycles. The van der Waals surface area contributed by atoms with E-state index in [1.54, 1.807) is 6.20 Å². The molecule has 0 saturated carbocycles. The van der Waals surface area contributed by atoms with E-state index in [1.165, 1.54) is 0 Å². The van der Waals surface area contributed by atoms with Crippen molar-refractivity contribution in [3.8, 4) is 6.07 Å². The first-order valence-electron chi connectivity index (χ1n) is 8.71. The summed E-state index contributed by atoms with van der Waals surface area (Å²) in [5.74, 6) is 0. The van der Waals surface area contributed by atoms with E-state index in [4.69, 9.17) is 0 Å². The molecule has 2 aromatic heterocycles. The molecular weight excluding hydrogens is 332 g/mol. The van der Waals surface area contributed by atoms with Crippen LogP contribution < -0.4 is 5.32 Å². The fourth-order valence-electron chi connectivity index (χ4n) is 3.06. The zero-order chi connectivity index (χ0) is 18.6. The van der Waals surface area contributed by atoms with E-state index in [1.807, 2.05) is 79.9 Å². The minimum absolute atomic E-state index is 0.514. The highest BCUT2D eigenvalue weighted by molar-refractivity contribution is 5.87. The highest BCUT2D eigenvalue weighted by Crippen LogP contribution is 2.29. The van der Waals surface area contributed by atoms with Gasteiger partial charge >= 0.3 is 0 Å². The molecule has 130 valence electrons. The Balaban J connectivity index is 1.77. The molecular formula is C23H18N4. The number of nitrogens with zero attached hydrogens (tertiary/aromatic N) is 2. The molecule has 0 bridgehead atoms.